The average Bonchev–Trinajstić information content (AvgIpc) is 2.87. The van der Waals surface area contributed by atoms with Crippen molar-refractivity contribution in [3.05, 3.63) is 0 Å². The van der Waals surface area contributed by atoms with Gasteiger partial charge in [-0.05, 0) is 64.7 Å². The van der Waals surface area contributed by atoms with Crippen LogP contribution in [0.15, 0.2) is 0 Å². The lowest BCUT2D eigenvalue weighted by molar-refractivity contribution is 0.326. The minimum Gasteiger partial charge on any atom is -0.314 e. The maximum Gasteiger partial charge on any atom is 0.00413 e. The maximum atomic E-state index is 3.65. The number of nitrogens with zero attached hydrogens (tertiary/aromatic N) is 1. The third-order valence-electron chi connectivity index (χ3n) is 3.73. The molecule has 2 nitrogen and oxygen atoms in total. The lowest BCUT2D eigenvalue weighted by Gasteiger charge is -2.16. The van der Waals surface area contributed by atoms with Crippen molar-refractivity contribution in [3.8, 4) is 0 Å². The molecule has 2 heteroatoms. The van der Waals surface area contributed by atoms with Crippen molar-refractivity contribution < 1.29 is 0 Å². The molecule has 0 spiro atoms. The van der Waals surface area contributed by atoms with Gasteiger partial charge in [0, 0.05) is 6.04 Å². The first-order valence-corrected chi connectivity index (χ1v) is 6.80. The van der Waals surface area contributed by atoms with Gasteiger partial charge >= 0.3 is 0 Å². The van der Waals surface area contributed by atoms with Crippen LogP contribution in [0.5, 0.6) is 0 Å². The summed E-state index contributed by atoms with van der Waals surface area (Å²) >= 11 is 0. The van der Waals surface area contributed by atoms with Crippen molar-refractivity contribution in [1.29, 1.82) is 0 Å². The van der Waals surface area contributed by atoms with Crippen LogP contribution in [-0.2, 0) is 0 Å². The predicted molar refractivity (Wildman–Crippen MR) is 65.1 cm³/mol. The van der Waals surface area contributed by atoms with E-state index in [0.717, 1.165) is 12.0 Å². The quantitative estimate of drug-likeness (QED) is 0.648. The van der Waals surface area contributed by atoms with Crippen LogP contribution in [0.3, 0.4) is 0 Å². The molecule has 1 saturated heterocycles. The molecule has 1 atom stereocenters. The first-order valence-electron chi connectivity index (χ1n) is 6.80. The number of hydrogen-bond donors (Lipinski definition) is 1. The van der Waals surface area contributed by atoms with Gasteiger partial charge in [-0.15, -0.1) is 0 Å². The van der Waals surface area contributed by atoms with Gasteiger partial charge in [-0.1, -0.05) is 12.8 Å². The van der Waals surface area contributed by atoms with E-state index >= 15 is 0 Å². The Morgan fingerprint density at radius 1 is 1.27 bits per heavy atom. The molecule has 88 valence electrons. The standard InChI is InChI=1S/C13H26N2/c1-12(11-13-5-6-13)14-7-4-10-15-8-2-3-9-15/h12-14H,2-11H2,1H3. The highest BCUT2D eigenvalue weighted by Crippen LogP contribution is 2.33. The van der Waals surface area contributed by atoms with Crippen molar-refractivity contribution in [2.45, 2.75) is 51.5 Å². The first kappa shape index (κ1) is 11.4. The second-order valence-corrected chi connectivity index (χ2v) is 5.44. The Bertz CT molecular complexity index is 171. The zero-order valence-electron chi connectivity index (χ0n) is 10.2. The van der Waals surface area contributed by atoms with E-state index in [-0.39, 0.29) is 0 Å². The lowest BCUT2D eigenvalue weighted by atomic mass is 10.1. The normalized spacial score (nSPS) is 24.6. The van der Waals surface area contributed by atoms with E-state index in [1.165, 1.54) is 64.7 Å². The minimum absolute atomic E-state index is 0.746. The second kappa shape index (κ2) is 5.86. The Kier molecular flexibility index (Phi) is 4.45. The number of nitrogens with one attached hydrogen (secondary N) is 1. The predicted octanol–water partition coefficient (Wildman–Crippen LogP) is 2.25. The molecule has 0 bridgehead atoms. The van der Waals surface area contributed by atoms with Crippen LogP contribution in [0.1, 0.15) is 45.4 Å². The molecular formula is C13H26N2. The molecule has 1 aliphatic carbocycles. The van der Waals surface area contributed by atoms with Gasteiger partial charge in [0.25, 0.3) is 0 Å². The van der Waals surface area contributed by atoms with Gasteiger partial charge in [-0.25, -0.2) is 0 Å². The fraction of sp³-hybridized carbons (Fsp3) is 1.00. The van der Waals surface area contributed by atoms with Crippen LogP contribution in [-0.4, -0.2) is 37.1 Å². The van der Waals surface area contributed by atoms with Gasteiger partial charge in [0.2, 0.25) is 0 Å². The van der Waals surface area contributed by atoms with Crippen molar-refractivity contribution in [2.24, 2.45) is 5.92 Å². The van der Waals surface area contributed by atoms with E-state index in [4.69, 9.17) is 0 Å². The minimum atomic E-state index is 0.746. The Balaban J connectivity index is 1.43. The van der Waals surface area contributed by atoms with Crippen LogP contribution in [0.4, 0.5) is 0 Å². The van der Waals surface area contributed by atoms with Gasteiger partial charge in [-0.3, -0.25) is 0 Å². The monoisotopic (exact) mass is 210 g/mol. The van der Waals surface area contributed by atoms with E-state index < -0.39 is 0 Å². The summed E-state index contributed by atoms with van der Waals surface area (Å²) in [4.78, 5) is 2.60. The molecule has 1 unspecified atom stereocenters. The van der Waals surface area contributed by atoms with Crippen LogP contribution in [0, 0.1) is 5.92 Å². The van der Waals surface area contributed by atoms with Gasteiger partial charge in [0.1, 0.15) is 0 Å². The Morgan fingerprint density at radius 3 is 2.67 bits per heavy atom. The molecule has 1 aliphatic heterocycles. The molecule has 1 saturated carbocycles. The summed E-state index contributed by atoms with van der Waals surface area (Å²) in [5, 5.41) is 3.65. The third kappa shape index (κ3) is 4.52. The van der Waals surface area contributed by atoms with Crippen molar-refractivity contribution in [1.82, 2.24) is 10.2 Å². The van der Waals surface area contributed by atoms with Crippen molar-refractivity contribution >= 4 is 0 Å². The maximum absolute atomic E-state index is 3.65. The highest BCUT2D eigenvalue weighted by molar-refractivity contribution is 4.78. The first-order chi connectivity index (χ1) is 7.34. The largest absolute Gasteiger partial charge is 0.314 e. The highest BCUT2D eigenvalue weighted by atomic mass is 15.1. The highest BCUT2D eigenvalue weighted by Gasteiger charge is 2.23. The average molecular weight is 210 g/mol. The van der Waals surface area contributed by atoms with Gasteiger partial charge in [0.15, 0.2) is 0 Å². The smallest absolute Gasteiger partial charge is 0.00413 e. The molecular weight excluding hydrogens is 184 g/mol. The van der Waals surface area contributed by atoms with E-state index in [1.54, 1.807) is 0 Å². The molecule has 0 amide bonds. The molecule has 2 fully saturated rings. The summed E-state index contributed by atoms with van der Waals surface area (Å²) in [5.74, 6) is 1.06. The van der Waals surface area contributed by atoms with Crippen LogP contribution >= 0.6 is 0 Å². The van der Waals surface area contributed by atoms with Crippen molar-refractivity contribution in [2.75, 3.05) is 26.2 Å². The molecule has 0 radical (unpaired) electrons. The number of hydrogen-bond acceptors (Lipinski definition) is 2. The molecule has 1 N–H and O–H groups in total. The molecule has 0 aromatic heterocycles. The van der Waals surface area contributed by atoms with Crippen molar-refractivity contribution in [3.63, 3.8) is 0 Å². The zero-order chi connectivity index (χ0) is 10.5. The summed E-state index contributed by atoms with van der Waals surface area (Å²) < 4.78 is 0. The second-order valence-electron chi connectivity index (χ2n) is 5.44. The van der Waals surface area contributed by atoms with Crippen LogP contribution in [0.25, 0.3) is 0 Å². The summed E-state index contributed by atoms with van der Waals surface area (Å²) in [6.07, 6.45) is 8.55. The number of rotatable bonds is 7. The molecule has 0 aromatic carbocycles. The molecule has 1 heterocycles. The van der Waals surface area contributed by atoms with Crippen LogP contribution < -0.4 is 5.32 Å². The van der Waals surface area contributed by atoms with E-state index in [1.807, 2.05) is 0 Å². The van der Waals surface area contributed by atoms with E-state index in [9.17, 15) is 0 Å². The summed E-state index contributed by atoms with van der Waals surface area (Å²) in [7, 11) is 0. The summed E-state index contributed by atoms with van der Waals surface area (Å²) in [5.41, 5.74) is 0. The van der Waals surface area contributed by atoms with Gasteiger partial charge < -0.3 is 10.2 Å². The molecule has 2 rings (SSSR count). The topological polar surface area (TPSA) is 15.3 Å². The fourth-order valence-corrected chi connectivity index (χ4v) is 2.59. The number of likely N-dealkylation sites (tertiary alicyclic amines) is 1. The third-order valence-corrected chi connectivity index (χ3v) is 3.73. The van der Waals surface area contributed by atoms with E-state index in [2.05, 4.69) is 17.1 Å². The van der Waals surface area contributed by atoms with Crippen LogP contribution in [0.2, 0.25) is 0 Å². The van der Waals surface area contributed by atoms with E-state index in [0.29, 0.717) is 0 Å². The molecule has 0 aromatic rings. The Hall–Kier alpha value is -0.0800. The zero-order valence-corrected chi connectivity index (χ0v) is 10.2. The molecule has 15 heavy (non-hydrogen) atoms. The summed E-state index contributed by atoms with van der Waals surface area (Å²) in [6.45, 7) is 7.55. The molecule has 2 aliphatic rings. The Labute approximate surface area is 94.4 Å². The SMILES string of the molecule is CC(CC1CC1)NCCCN1CCCC1. The Morgan fingerprint density at radius 2 is 2.00 bits per heavy atom. The van der Waals surface area contributed by atoms with Gasteiger partial charge in [0.05, 0.1) is 0 Å². The lowest BCUT2D eigenvalue weighted by Crippen LogP contribution is -2.30. The summed E-state index contributed by atoms with van der Waals surface area (Å²) in [6, 6.07) is 0.746. The van der Waals surface area contributed by atoms with Gasteiger partial charge in [-0.2, -0.15) is 0 Å². The fourth-order valence-electron chi connectivity index (χ4n) is 2.59.